The minimum atomic E-state index is -0.561. The van der Waals surface area contributed by atoms with E-state index in [1.54, 1.807) is 45.0 Å². The molecule has 8 heteroatoms. The molecule has 28 heavy (non-hydrogen) atoms. The Bertz CT molecular complexity index is 998. The van der Waals surface area contributed by atoms with E-state index in [2.05, 4.69) is 15.3 Å². The van der Waals surface area contributed by atoms with E-state index >= 15 is 0 Å². The van der Waals surface area contributed by atoms with E-state index in [9.17, 15) is 9.18 Å². The summed E-state index contributed by atoms with van der Waals surface area (Å²) in [7, 11) is 0. The smallest absolute Gasteiger partial charge is 0.407 e. The third-order valence-corrected chi connectivity index (χ3v) is 3.99. The Balaban J connectivity index is 1.68. The van der Waals surface area contributed by atoms with Crippen molar-refractivity contribution in [1.82, 2.24) is 15.3 Å². The fourth-order valence-electron chi connectivity index (χ4n) is 2.56. The Labute approximate surface area is 167 Å². The molecule has 3 rings (SSSR count). The van der Waals surface area contributed by atoms with Crippen molar-refractivity contribution < 1.29 is 18.7 Å². The van der Waals surface area contributed by atoms with Gasteiger partial charge < -0.3 is 19.8 Å². The van der Waals surface area contributed by atoms with Crippen molar-refractivity contribution in [2.75, 3.05) is 0 Å². The highest BCUT2D eigenvalue weighted by Gasteiger charge is 2.16. The van der Waals surface area contributed by atoms with Crippen molar-refractivity contribution in [2.45, 2.75) is 39.5 Å². The molecule has 6 nitrogen and oxygen atoms in total. The summed E-state index contributed by atoms with van der Waals surface area (Å²) < 4.78 is 24.1. The van der Waals surface area contributed by atoms with Gasteiger partial charge in [-0.3, -0.25) is 0 Å². The van der Waals surface area contributed by atoms with Gasteiger partial charge in [0.05, 0.1) is 17.3 Å². The number of benzene rings is 1. The number of halogens is 2. The van der Waals surface area contributed by atoms with Gasteiger partial charge in [-0.15, -0.1) is 0 Å². The van der Waals surface area contributed by atoms with E-state index in [0.717, 1.165) is 16.6 Å². The van der Waals surface area contributed by atoms with Gasteiger partial charge in [0.15, 0.2) is 0 Å². The molecule has 0 saturated carbocycles. The second kappa shape index (κ2) is 8.06. The van der Waals surface area contributed by atoms with Crippen LogP contribution in [0.4, 0.5) is 9.18 Å². The van der Waals surface area contributed by atoms with Gasteiger partial charge in [-0.2, -0.15) is 4.39 Å². The molecule has 0 saturated heterocycles. The predicted octanol–water partition coefficient (Wildman–Crippen LogP) is 4.96. The fourth-order valence-corrected chi connectivity index (χ4v) is 2.79. The van der Waals surface area contributed by atoms with E-state index in [0.29, 0.717) is 16.5 Å². The lowest BCUT2D eigenvalue weighted by Crippen LogP contribution is -2.32. The summed E-state index contributed by atoms with van der Waals surface area (Å²) >= 11 is 6.29. The monoisotopic (exact) mass is 405 g/mol. The maximum atomic E-state index is 13.2. The van der Waals surface area contributed by atoms with E-state index in [1.165, 1.54) is 6.07 Å². The molecule has 0 bridgehead atoms. The zero-order valence-corrected chi connectivity index (χ0v) is 16.6. The number of hydrogen-bond donors (Lipinski definition) is 2. The third-order valence-electron chi connectivity index (χ3n) is 3.70. The number of aromatic nitrogens is 2. The zero-order valence-electron chi connectivity index (χ0n) is 15.8. The minimum absolute atomic E-state index is 0.0940. The third kappa shape index (κ3) is 5.36. The number of hydrogen-bond acceptors (Lipinski definition) is 4. The number of carbonyl (C=O) groups is 1. The van der Waals surface area contributed by atoms with Gasteiger partial charge in [0, 0.05) is 22.7 Å². The summed E-state index contributed by atoms with van der Waals surface area (Å²) in [6.07, 6.45) is -0.490. The first-order valence-electron chi connectivity index (χ1n) is 8.72. The molecule has 2 N–H and O–H groups in total. The van der Waals surface area contributed by atoms with Crippen molar-refractivity contribution in [3.8, 4) is 5.75 Å². The zero-order chi connectivity index (χ0) is 20.3. The van der Waals surface area contributed by atoms with Crippen LogP contribution in [0.5, 0.6) is 5.75 Å². The molecule has 2 aromatic heterocycles. The Morgan fingerprint density at radius 2 is 2.07 bits per heavy atom. The predicted molar refractivity (Wildman–Crippen MR) is 105 cm³/mol. The number of amides is 1. The van der Waals surface area contributed by atoms with Crippen LogP contribution in [-0.4, -0.2) is 21.7 Å². The normalized spacial score (nSPS) is 11.5. The lowest BCUT2D eigenvalue weighted by molar-refractivity contribution is 0.0523. The molecule has 0 aliphatic heterocycles. The molecular weight excluding hydrogens is 385 g/mol. The molecule has 0 atom stereocenters. The van der Waals surface area contributed by atoms with Crippen molar-refractivity contribution in [2.24, 2.45) is 0 Å². The van der Waals surface area contributed by atoms with Crippen LogP contribution in [0, 0.1) is 5.95 Å². The van der Waals surface area contributed by atoms with Crippen LogP contribution in [0.2, 0.25) is 5.02 Å². The number of carbonyl (C=O) groups excluding carboxylic acids is 1. The molecule has 0 aliphatic rings. The molecular formula is C20H21ClFN3O3. The largest absolute Gasteiger partial charge is 0.486 e. The fraction of sp³-hybridized carbons (Fsp3) is 0.300. The quantitative estimate of drug-likeness (QED) is 0.588. The number of nitrogens with zero attached hydrogens (tertiary/aromatic N) is 1. The standard InChI is InChI=1S/C20H21ClFN3O3/c1-20(2,3)28-19(26)23-10-14-7-12-8-15(21)17(9-16(12)24-14)27-11-13-5-4-6-18(22)25-13/h4-9,24H,10-11H2,1-3H3,(H,23,26). The van der Waals surface area contributed by atoms with Crippen molar-refractivity contribution in [3.05, 3.63) is 58.8 Å². The summed E-state index contributed by atoms with van der Waals surface area (Å²) in [4.78, 5) is 18.7. The Hall–Kier alpha value is -2.80. The molecule has 1 aromatic carbocycles. The number of fused-ring (bicyclic) bond motifs is 1. The number of ether oxygens (including phenoxy) is 2. The summed E-state index contributed by atoms with van der Waals surface area (Å²) in [5.74, 6) is -0.108. The summed E-state index contributed by atoms with van der Waals surface area (Å²) in [5, 5.41) is 4.00. The Morgan fingerprint density at radius 3 is 2.79 bits per heavy atom. The molecule has 148 valence electrons. The average molecular weight is 406 g/mol. The number of pyridine rings is 1. The number of H-pyrrole nitrogens is 1. The van der Waals surface area contributed by atoms with E-state index in [-0.39, 0.29) is 13.2 Å². The lowest BCUT2D eigenvalue weighted by Gasteiger charge is -2.19. The van der Waals surface area contributed by atoms with Crippen LogP contribution in [0.3, 0.4) is 0 Å². The highest BCUT2D eigenvalue weighted by molar-refractivity contribution is 6.32. The molecule has 0 aliphatic carbocycles. The first kappa shape index (κ1) is 19.9. The van der Waals surface area contributed by atoms with Gasteiger partial charge in [0.2, 0.25) is 5.95 Å². The highest BCUT2D eigenvalue weighted by Crippen LogP contribution is 2.31. The first-order chi connectivity index (χ1) is 13.2. The highest BCUT2D eigenvalue weighted by atomic mass is 35.5. The number of rotatable bonds is 5. The molecule has 0 unspecified atom stereocenters. The minimum Gasteiger partial charge on any atom is -0.486 e. The SMILES string of the molecule is CC(C)(C)OC(=O)NCc1cc2cc(Cl)c(OCc3cccc(F)n3)cc2[nH]1. The van der Waals surface area contributed by atoms with Crippen molar-refractivity contribution in [1.29, 1.82) is 0 Å². The van der Waals surface area contributed by atoms with Gasteiger partial charge in [-0.1, -0.05) is 17.7 Å². The van der Waals surface area contributed by atoms with E-state index < -0.39 is 17.6 Å². The van der Waals surface area contributed by atoms with E-state index in [1.807, 2.05) is 6.07 Å². The Morgan fingerprint density at radius 1 is 1.29 bits per heavy atom. The topological polar surface area (TPSA) is 76.2 Å². The summed E-state index contributed by atoms with van der Waals surface area (Å²) in [6, 6.07) is 9.92. The van der Waals surface area contributed by atoms with Crippen LogP contribution in [0.25, 0.3) is 10.9 Å². The number of alkyl carbamates (subject to hydrolysis) is 1. The average Bonchev–Trinajstić information content (AvgIpc) is 2.98. The maximum Gasteiger partial charge on any atom is 0.407 e. The second-order valence-electron chi connectivity index (χ2n) is 7.26. The summed E-state index contributed by atoms with van der Waals surface area (Å²) in [6.45, 7) is 5.79. The first-order valence-corrected chi connectivity index (χ1v) is 9.10. The van der Waals surface area contributed by atoms with Crippen molar-refractivity contribution in [3.63, 3.8) is 0 Å². The van der Waals surface area contributed by atoms with E-state index in [4.69, 9.17) is 21.1 Å². The number of aromatic amines is 1. The molecule has 1 amide bonds. The molecule has 2 heterocycles. The van der Waals surface area contributed by atoms with Gasteiger partial charge in [-0.05, 0) is 45.0 Å². The Kier molecular flexibility index (Phi) is 5.74. The van der Waals surface area contributed by atoms with Gasteiger partial charge in [0.25, 0.3) is 0 Å². The second-order valence-corrected chi connectivity index (χ2v) is 7.67. The van der Waals surface area contributed by atoms with Crippen LogP contribution < -0.4 is 10.1 Å². The van der Waals surface area contributed by atoms with Gasteiger partial charge in [-0.25, -0.2) is 9.78 Å². The van der Waals surface area contributed by atoms with Crippen LogP contribution in [0.15, 0.2) is 36.4 Å². The van der Waals surface area contributed by atoms with Gasteiger partial charge in [0.1, 0.15) is 18.0 Å². The van der Waals surface area contributed by atoms with Crippen LogP contribution in [0.1, 0.15) is 32.2 Å². The van der Waals surface area contributed by atoms with Gasteiger partial charge >= 0.3 is 6.09 Å². The maximum absolute atomic E-state index is 13.2. The van der Waals surface area contributed by atoms with Crippen molar-refractivity contribution >= 4 is 28.6 Å². The molecule has 0 fully saturated rings. The molecule has 3 aromatic rings. The molecule has 0 radical (unpaired) electrons. The van der Waals surface area contributed by atoms with Crippen LogP contribution >= 0.6 is 11.6 Å². The molecule has 0 spiro atoms. The lowest BCUT2D eigenvalue weighted by atomic mass is 10.2. The number of nitrogens with one attached hydrogen (secondary N) is 2. The summed E-state index contributed by atoms with van der Waals surface area (Å²) in [5.41, 5.74) is 1.50. The van der Waals surface area contributed by atoms with Crippen LogP contribution in [-0.2, 0) is 17.9 Å².